The summed E-state index contributed by atoms with van der Waals surface area (Å²) < 4.78 is 0. The second-order valence-corrected chi connectivity index (χ2v) is 4.22. The Morgan fingerprint density at radius 3 is 2.55 bits per heavy atom. The summed E-state index contributed by atoms with van der Waals surface area (Å²) >= 11 is 0. The van der Waals surface area contributed by atoms with E-state index in [0.29, 0.717) is 0 Å². The summed E-state index contributed by atoms with van der Waals surface area (Å²) in [6.07, 6.45) is 8.86. The van der Waals surface area contributed by atoms with Crippen LogP contribution in [0.3, 0.4) is 0 Å². The zero-order valence-electron chi connectivity index (χ0n) is 8.01. The average molecular weight is 152 g/mol. The maximum atomic E-state index is 2.36. The smallest absolute Gasteiger partial charge is 0.0290 e. The Bertz CT molecular complexity index is 133. The van der Waals surface area contributed by atoms with Crippen LogP contribution in [0.5, 0.6) is 0 Å². The second kappa shape index (κ2) is 3.94. The van der Waals surface area contributed by atoms with Crippen LogP contribution < -0.4 is 0 Å². The first-order chi connectivity index (χ1) is 5.20. The fourth-order valence-electron chi connectivity index (χ4n) is 1.48. The lowest BCUT2D eigenvalue weighted by Crippen LogP contribution is -1.80. The van der Waals surface area contributed by atoms with Crippen molar-refractivity contribution in [2.24, 2.45) is 17.8 Å². The van der Waals surface area contributed by atoms with E-state index in [1.807, 2.05) is 0 Å². The van der Waals surface area contributed by atoms with Crippen molar-refractivity contribution in [1.29, 1.82) is 0 Å². The van der Waals surface area contributed by atoms with Gasteiger partial charge in [0, 0.05) is 0 Å². The highest BCUT2D eigenvalue weighted by Crippen LogP contribution is 2.41. The van der Waals surface area contributed by atoms with Gasteiger partial charge in [-0.2, -0.15) is 0 Å². The van der Waals surface area contributed by atoms with Gasteiger partial charge in [0.15, 0.2) is 0 Å². The highest BCUT2D eigenvalue weighted by atomic mass is 14.4. The predicted octanol–water partition coefficient (Wildman–Crippen LogP) is 3.63. The molecule has 0 spiro atoms. The molecule has 0 radical (unpaired) electrons. The molecule has 11 heavy (non-hydrogen) atoms. The minimum absolute atomic E-state index is 0.728. The highest BCUT2D eigenvalue weighted by Gasteiger charge is 2.30. The molecule has 0 aromatic carbocycles. The zero-order chi connectivity index (χ0) is 8.27. The number of hydrogen-bond acceptors (Lipinski definition) is 0. The molecule has 0 amide bonds. The van der Waals surface area contributed by atoms with Crippen LogP contribution in [0.25, 0.3) is 0 Å². The lowest BCUT2D eigenvalue weighted by Gasteiger charge is -1.94. The summed E-state index contributed by atoms with van der Waals surface area (Å²) in [5.74, 6) is 2.82. The summed E-state index contributed by atoms with van der Waals surface area (Å²) in [5.41, 5.74) is 0. The van der Waals surface area contributed by atoms with Gasteiger partial charge in [0.05, 0.1) is 0 Å². The van der Waals surface area contributed by atoms with Crippen molar-refractivity contribution in [2.45, 2.75) is 40.0 Å². The molecule has 1 aliphatic carbocycles. The molecule has 1 fully saturated rings. The van der Waals surface area contributed by atoms with E-state index in [0.717, 1.165) is 17.8 Å². The van der Waals surface area contributed by atoms with Crippen molar-refractivity contribution in [3.05, 3.63) is 12.2 Å². The minimum Gasteiger partial charge on any atom is -0.0883 e. The normalized spacial score (nSPS) is 30.2. The van der Waals surface area contributed by atoms with Crippen LogP contribution in [0.1, 0.15) is 40.0 Å². The van der Waals surface area contributed by atoms with Gasteiger partial charge in [0.25, 0.3) is 0 Å². The monoisotopic (exact) mass is 152 g/mol. The minimum atomic E-state index is 0.728. The highest BCUT2D eigenvalue weighted by molar-refractivity contribution is 4.89. The van der Waals surface area contributed by atoms with Crippen molar-refractivity contribution in [1.82, 2.24) is 0 Å². The van der Waals surface area contributed by atoms with E-state index < -0.39 is 0 Å². The van der Waals surface area contributed by atoms with Crippen LogP contribution in [0.4, 0.5) is 0 Å². The first kappa shape index (κ1) is 8.83. The maximum Gasteiger partial charge on any atom is -0.0290 e. The van der Waals surface area contributed by atoms with Crippen molar-refractivity contribution >= 4 is 0 Å². The number of rotatable bonds is 4. The SMILES string of the molecule is CC(C)C=CCCC1CC1C. The molecule has 0 aromatic rings. The molecule has 0 saturated heterocycles. The first-order valence-electron chi connectivity index (χ1n) is 4.87. The second-order valence-electron chi connectivity index (χ2n) is 4.22. The van der Waals surface area contributed by atoms with Gasteiger partial charge in [0.2, 0.25) is 0 Å². The molecule has 0 heterocycles. The Labute approximate surface area is 70.7 Å². The molecule has 0 bridgehead atoms. The summed E-state index contributed by atoms with van der Waals surface area (Å²) in [7, 11) is 0. The maximum absolute atomic E-state index is 2.36. The molecule has 1 aliphatic rings. The van der Waals surface area contributed by atoms with E-state index in [1.165, 1.54) is 19.3 Å². The Morgan fingerprint density at radius 2 is 2.09 bits per heavy atom. The molecule has 1 saturated carbocycles. The van der Waals surface area contributed by atoms with Crippen molar-refractivity contribution in [3.8, 4) is 0 Å². The van der Waals surface area contributed by atoms with E-state index in [9.17, 15) is 0 Å². The van der Waals surface area contributed by atoms with Gasteiger partial charge in [-0.3, -0.25) is 0 Å². The zero-order valence-corrected chi connectivity index (χ0v) is 8.01. The van der Waals surface area contributed by atoms with Gasteiger partial charge in [-0.1, -0.05) is 32.9 Å². The van der Waals surface area contributed by atoms with Crippen LogP contribution in [0, 0.1) is 17.8 Å². The average Bonchev–Trinajstić information content (AvgIpc) is 2.59. The van der Waals surface area contributed by atoms with Crippen molar-refractivity contribution in [3.63, 3.8) is 0 Å². The molecule has 0 nitrogen and oxygen atoms in total. The Balaban J connectivity index is 1.96. The molecule has 2 atom stereocenters. The third-order valence-corrected chi connectivity index (χ3v) is 2.50. The summed E-state index contributed by atoms with van der Waals surface area (Å²) in [6.45, 7) is 6.82. The molecular weight excluding hydrogens is 132 g/mol. The molecule has 0 N–H and O–H groups in total. The largest absolute Gasteiger partial charge is 0.0883 e. The van der Waals surface area contributed by atoms with Crippen LogP contribution in [0.15, 0.2) is 12.2 Å². The van der Waals surface area contributed by atoms with E-state index in [-0.39, 0.29) is 0 Å². The summed E-state index contributed by atoms with van der Waals surface area (Å²) in [4.78, 5) is 0. The van der Waals surface area contributed by atoms with Crippen molar-refractivity contribution in [2.75, 3.05) is 0 Å². The van der Waals surface area contributed by atoms with Gasteiger partial charge >= 0.3 is 0 Å². The molecule has 64 valence electrons. The van der Waals surface area contributed by atoms with Gasteiger partial charge < -0.3 is 0 Å². The fourth-order valence-corrected chi connectivity index (χ4v) is 1.48. The summed E-state index contributed by atoms with van der Waals surface area (Å²) in [6, 6.07) is 0. The standard InChI is InChI=1S/C11H20/c1-9(2)6-4-5-7-11-8-10(11)3/h4,6,9-11H,5,7-8H2,1-3H3. The molecule has 2 unspecified atom stereocenters. The quantitative estimate of drug-likeness (QED) is 0.539. The lowest BCUT2D eigenvalue weighted by molar-refractivity contribution is 0.680. The number of allylic oxidation sites excluding steroid dienone is 2. The van der Waals surface area contributed by atoms with Crippen molar-refractivity contribution < 1.29 is 0 Å². The van der Waals surface area contributed by atoms with Crippen LogP contribution in [0.2, 0.25) is 0 Å². The molecule has 0 aliphatic heterocycles. The fraction of sp³-hybridized carbons (Fsp3) is 0.818. The van der Waals surface area contributed by atoms with E-state index in [1.54, 1.807) is 0 Å². The first-order valence-corrected chi connectivity index (χ1v) is 4.87. The van der Waals surface area contributed by atoms with Gasteiger partial charge in [-0.05, 0) is 37.0 Å². The topological polar surface area (TPSA) is 0 Å². The van der Waals surface area contributed by atoms with E-state index in [4.69, 9.17) is 0 Å². The van der Waals surface area contributed by atoms with Gasteiger partial charge in [-0.15, -0.1) is 0 Å². The van der Waals surface area contributed by atoms with Crippen LogP contribution >= 0.6 is 0 Å². The Kier molecular flexibility index (Phi) is 3.16. The summed E-state index contributed by atoms with van der Waals surface area (Å²) in [5, 5.41) is 0. The van der Waals surface area contributed by atoms with Gasteiger partial charge in [-0.25, -0.2) is 0 Å². The van der Waals surface area contributed by atoms with Crippen LogP contribution in [-0.2, 0) is 0 Å². The Hall–Kier alpha value is -0.260. The van der Waals surface area contributed by atoms with Gasteiger partial charge in [0.1, 0.15) is 0 Å². The Morgan fingerprint density at radius 1 is 1.45 bits per heavy atom. The molecule has 0 aromatic heterocycles. The van der Waals surface area contributed by atoms with E-state index >= 15 is 0 Å². The molecular formula is C11H20. The van der Waals surface area contributed by atoms with Crippen LogP contribution in [-0.4, -0.2) is 0 Å². The molecule has 0 heteroatoms. The predicted molar refractivity (Wildman–Crippen MR) is 50.5 cm³/mol. The lowest BCUT2D eigenvalue weighted by atomic mass is 10.1. The third-order valence-electron chi connectivity index (χ3n) is 2.50. The number of hydrogen-bond donors (Lipinski definition) is 0. The molecule has 1 rings (SSSR count). The van der Waals surface area contributed by atoms with E-state index in [2.05, 4.69) is 32.9 Å². The third kappa shape index (κ3) is 3.60.